The van der Waals surface area contributed by atoms with E-state index in [-0.39, 0.29) is 21.5 Å². The number of rotatable bonds is 10. The first-order valence-corrected chi connectivity index (χ1v) is 16.9. The number of hydrogen-bond acceptors (Lipinski definition) is 11. The molecule has 6 rings (SSSR count). The lowest BCUT2D eigenvalue weighted by atomic mass is 10.1. The molecule has 14 heteroatoms. The van der Waals surface area contributed by atoms with E-state index < -0.39 is 26.8 Å². The lowest BCUT2D eigenvalue weighted by Crippen LogP contribution is -2.42. The number of thioether (sulfide) groups is 1. The Morgan fingerprint density at radius 1 is 1.04 bits per heavy atom. The Hall–Kier alpha value is -4.69. The fourth-order valence-corrected chi connectivity index (χ4v) is 7.15. The van der Waals surface area contributed by atoms with Gasteiger partial charge in [-0.2, -0.15) is 0 Å². The first-order valence-electron chi connectivity index (χ1n) is 14.4. The Morgan fingerprint density at radius 3 is 2.53 bits per heavy atom. The molecule has 0 bridgehead atoms. The third-order valence-corrected chi connectivity index (χ3v) is 10.0. The van der Waals surface area contributed by atoms with Crippen LogP contribution >= 0.6 is 11.8 Å². The maximum atomic E-state index is 13.1. The Balaban J connectivity index is 1.09. The number of carbonyl (C=O) groups is 1. The summed E-state index contributed by atoms with van der Waals surface area (Å²) in [5.74, 6) is 0.351. The van der Waals surface area contributed by atoms with Gasteiger partial charge in [0.15, 0.2) is 5.16 Å². The number of sulfone groups is 1. The van der Waals surface area contributed by atoms with Gasteiger partial charge in [-0.25, -0.2) is 18.4 Å². The summed E-state index contributed by atoms with van der Waals surface area (Å²) in [6, 6.07) is 23.3. The summed E-state index contributed by atoms with van der Waals surface area (Å²) < 4.78 is 36.5. The van der Waals surface area contributed by atoms with Gasteiger partial charge in [0.2, 0.25) is 5.91 Å². The Labute approximate surface area is 263 Å². The molecule has 1 fully saturated rings. The summed E-state index contributed by atoms with van der Waals surface area (Å²) in [7, 11) is -4.22. The van der Waals surface area contributed by atoms with E-state index in [2.05, 4.69) is 33.1 Å². The van der Waals surface area contributed by atoms with Crippen LogP contribution in [0, 0.1) is 5.21 Å². The molecule has 5 aromatic rings. The number of amides is 1. The number of ether oxygens (including phenoxy) is 1. The van der Waals surface area contributed by atoms with Gasteiger partial charge in [0.05, 0.1) is 21.3 Å². The second kappa shape index (κ2) is 13.1. The normalized spacial score (nSPS) is 14.0. The third-order valence-electron chi connectivity index (χ3n) is 7.49. The van der Waals surface area contributed by atoms with E-state index in [0.29, 0.717) is 36.9 Å². The SMILES string of the molecule is CCc1ccccc1Nc1nc(SCC(=O)N2CCC(Oc3no[n+]([O-])c3S(=O)(=O)c3ccccc3)CC2)nc2ccccc12. The van der Waals surface area contributed by atoms with Crippen molar-refractivity contribution in [2.75, 3.05) is 24.2 Å². The summed E-state index contributed by atoms with van der Waals surface area (Å²) in [6.45, 7) is 2.88. The van der Waals surface area contributed by atoms with Crippen molar-refractivity contribution in [2.24, 2.45) is 0 Å². The van der Waals surface area contributed by atoms with Crippen molar-refractivity contribution in [1.82, 2.24) is 20.0 Å². The topological polar surface area (TPSA) is 154 Å². The summed E-state index contributed by atoms with van der Waals surface area (Å²) >= 11 is 1.27. The molecule has 232 valence electrons. The first-order chi connectivity index (χ1) is 21.8. The Bertz CT molecular complexity index is 1930. The molecule has 12 nitrogen and oxygen atoms in total. The molecule has 0 atom stereocenters. The summed E-state index contributed by atoms with van der Waals surface area (Å²) in [5, 5.41) is 19.9. The maximum Gasteiger partial charge on any atom is 0.415 e. The highest BCUT2D eigenvalue weighted by molar-refractivity contribution is 7.99. The molecule has 1 amide bonds. The molecular weight excluding hydrogens is 617 g/mol. The van der Waals surface area contributed by atoms with Gasteiger partial charge < -0.3 is 20.2 Å². The number of para-hydroxylation sites is 2. The molecule has 1 aliphatic rings. The monoisotopic (exact) mass is 646 g/mol. The van der Waals surface area contributed by atoms with Crippen molar-refractivity contribution in [3.05, 3.63) is 89.6 Å². The summed E-state index contributed by atoms with van der Waals surface area (Å²) in [4.78, 5) is 24.1. The van der Waals surface area contributed by atoms with Crippen molar-refractivity contribution in [2.45, 2.75) is 47.4 Å². The van der Waals surface area contributed by atoms with Gasteiger partial charge in [-0.15, -0.1) is 0 Å². The van der Waals surface area contributed by atoms with Crippen molar-refractivity contribution in [3.8, 4) is 5.88 Å². The molecule has 1 N–H and O–H groups in total. The van der Waals surface area contributed by atoms with Crippen LogP contribution in [0.25, 0.3) is 10.9 Å². The zero-order valence-electron chi connectivity index (χ0n) is 24.3. The van der Waals surface area contributed by atoms with E-state index in [0.717, 1.165) is 23.0 Å². The third kappa shape index (κ3) is 6.56. The molecule has 0 saturated carbocycles. The van der Waals surface area contributed by atoms with Crippen LogP contribution in [0.1, 0.15) is 25.3 Å². The van der Waals surface area contributed by atoms with E-state index in [1.807, 2.05) is 42.5 Å². The van der Waals surface area contributed by atoms with Gasteiger partial charge in [0.25, 0.3) is 9.84 Å². The Kier molecular flexibility index (Phi) is 8.85. The molecular formula is C31H30N6O6S2. The van der Waals surface area contributed by atoms with Gasteiger partial charge >= 0.3 is 10.9 Å². The lowest BCUT2D eigenvalue weighted by Gasteiger charge is -2.31. The van der Waals surface area contributed by atoms with Crippen LogP contribution in [0.3, 0.4) is 0 Å². The minimum absolute atomic E-state index is 0.0766. The van der Waals surface area contributed by atoms with E-state index in [1.54, 1.807) is 23.1 Å². The average molecular weight is 647 g/mol. The van der Waals surface area contributed by atoms with Crippen molar-refractivity contribution in [3.63, 3.8) is 0 Å². The number of anilines is 2. The number of piperidine rings is 1. The second-order valence-corrected chi connectivity index (χ2v) is 13.2. The molecule has 1 aliphatic heterocycles. The predicted molar refractivity (Wildman–Crippen MR) is 167 cm³/mol. The van der Waals surface area contributed by atoms with Crippen LogP contribution < -0.4 is 15.0 Å². The maximum absolute atomic E-state index is 13.1. The van der Waals surface area contributed by atoms with E-state index in [1.165, 1.54) is 29.5 Å². The van der Waals surface area contributed by atoms with Crippen molar-refractivity contribution >= 4 is 49.9 Å². The highest BCUT2D eigenvalue weighted by Crippen LogP contribution is 2.30. The highest BCUT2D eigenvalue weighted by atomic mass is 32.2. The minimum atomic E-state index is -4.22. The van der Waals surface area contributed by atoms with Crippen LogP contribution in [-0.2, 0) is 21.1 Å². The summed E-state index contributed by atoms with van der Waals surface area (Å²) in [5.41, 5.74) is 2.92. The number of benzene rings is 3. The highest BCUT2D eigenvalue weighted by Gasteiger charge is 2.37. The number of carbonyl (C=O) groups excluding carboxylic acids is 1. The fraction of sp³-hybridized carbons (Fsp3) is 0.258. The number of aryl methyl sites for hydroxylation is 1. The molecule has 1 saturated heterocycles. The fourth-order valence-electron chi connectivity index (χ4n) is 5.12. The van der Waals surface area contributed by atoms with Crippen molar-refractivity contribution < 1.29 is 27.5 Å². The second-order valence-electron chi connectivity index (χ2n) is 10.4. The van der Waals surface area contributed by atoms with E-state index in [4.69, 9.17) is 9.72 Å². The number of likely N-dealkylation sites (tertiary alicyclic amines) is 1. The minimum Gasteiger partial charge on any atom is -0.451 e. The molecule has 0 spiro atoms. The van der Waals surface area contributed by atoms with Gasteiger partial charge in [-0.3, -0.25) is 9.42 Å². The van der Waals surface area contributed by atoms with Crippen molar-refractivity contribution in [1.29, 1.82) is 0 Å². The van der Waals surface area contributed by atoms with Gasteiger partial charge in [-0.1, -0.05) is 67.2 Å². The van der Waals surface area contributed by atoms with E-state index in [9.17, 15) is 18.4 Å². The van der Waals surface area contributed by atoms with Gasteiger partial charge in [0, 0.05) is 37.0 Å². The predicted octanol–water partition coefficient (Wildman–Crippen LogP) is 4.55. The van der Waals surface area contributed by atoms with Crippen LogP contribution in [0.4, 0.5) is 11.5 Å². The molecule has 0 unspecified atom stereocenters. The molecule has 3 aromatic carbocycles. The van der Waals surface area contributed by atoms with Crippen LogP contribution in [0.15, 0.2) is 98.6 Å². The summed E-state index contributed by atoms with van der Waals surface area (Å²) in [6.07, 6.45) is 1.25. The number of aromatic nitrogens is 4. The van der Waals surface area contributed by atoms with Gasteiger partial charge in [-0.05, 0) is 47.2 Å². The molecule has 45 heavy (non-hydrogen) atoms. The zero-order valence-corrected chi connectivity index (χ0v) is 26.0. The quantitative estimate of drug-likeness (QED) is 0.129. The Morgan fingerprint density at radius 2 is 1.76 bits per heavy atom. The smallest absolute Gasteiger partial charge is 0.415 e. The first kappa shape index (κ1) is 30.3. The number of nitrogens with zero attached hydrogens (tertiary/aromatic N) is 5. The van der Waals surface area contributed by atoms with Crippen LogP contribution in [0.5, 0.6) is 5.88 Å². The average Bonchev–Trinajstić information content (AvgIpc) is 3.44. The zero-order chi connectivity index (χ0) is 31.4. The molecule has 2 aromatic heterocycles. The van der Waals surface area contributed by atoms with E-state index >= 15 is 0 Å². The lowest BCUT2D eigenvalue weighted by molar-refractivity contribution is -0.832. The standard InChI is InChI=1S/C31H30N6O6S2/c1-2-21-10-6-8-14-25(21)32-28-24-13-7-9-15-26(24)33-31(34-28)44-20-27(38)36-18-16-22(17-19-36)42-29-30(37(39)43-35-29)45(40,41)23-11-4-3-5-12-23/h3-15,22H,2,16-20H2,1H3,(H,32,33,34). The molecule has 0 radical (unpaired) electrons. The molecule has 3 heterocycles. The number of nitrogens with one attached hydrogen (secondary N) is 1. The number of hydrogen-bond donors (Lipinski definition) is 1. The largest absolute Gasteiger partial charge is 0.451 e. The van der Waals surface area contributed by atoms with Gasteiger partial charge in [0.1, 0.15) is 11.9 Å². The molecule has 0 aliphatic carbocycles. The number of fused-ring (bicyclic) bond motifs is 1. The van der Waals surface area contributed by atoms with Crippen LogP contribution in [0.2, 0.25) is 0 Å². The van der Waals surface area contributed by atoms with Crippen LogP contribution in [-0.4, -0.2) is 59.3 Å².